The SMILES string of the molecule is CCCCCCCOc1ccc2c(c1)Cc1cc(C(=O)Oc3ccc(OCC(C)CC)cc3)ccc1-2. The molecule has 0 saturated carbocycles. The lowest BCUT2D eigenvalue weighted by atomic mass is 10.0. The van der Waals surface area contributed by atoms with Crippen molar-refractivity contribution in [3.05, 3.63) is 77.4 Å². The van der Waals surface area contributed by atoms with Gasteiger partial charge in [-0.3, -0.25) is 0 Å². The third-order valence-electron chi connectivity index (χ3n) is 6.87. The molecule has 36 heavy (non-hydrogen) atoms. The molecule has 0 fully saturated rings. The van der Waals surface area contributed by atoms with Gasteiger partial charge in [0, 0.05) is 0 Å². The minimum atomic E-state index is -0.353. The number of hydrogen-bond donors (Lipinski definition) is 0. The summed E-state index contributed by atoms with van der Waals surface area (Å²) in [6.07, 6.45) is 8.02. The highest BCUT2D eigenvalue weighted by Crippen LogP contribution is 2.39. The molecule has 3 aromatic rings. The van der Waals surface area contributed by atoms with Crippen molar-refractivity contribution in [3.63, 3.8) is 0 Å². The smallest absolute Gasteiger partial charge is 0.343 e. The van der Waals surface area contributed by atoms with Gasteiger partial charge < -0.3 is 14.2 Å². The molecule has 1 aliphatic carbocycles. The number of ether oxygens (including phenoxy) is 3. The van der Waals surface area contributed by atoms with Crippen molar-refractivity contribution in [2.24, 2.45) is 5.92 Å². The van der Waals surface area contributed by atoms with Crippen LogP contribution >= 0.6 is 0 Å². The lowest BCUT2D eigenvalue weighted by Crippen LogP contribution is -2.09. The van der Waals surface area contributed by atoms with E-state index in [0.29, 0.717) is 23.8 Å². The van der Waals surface area contributed by atoms with Crippen LogP contribution in [0, 0.1) is 5.92 Å². The van der Waals surface area contributed by atoms with Gasteiger partial charge in [0.05, 0.1) is 18.8 Å². The van der Waals surface area contributed by atoms with Crippen LogP contribution in [0.2, 0.25) is 0 Å². The fraction of sp³-hybridized carbons (Fsp3) is 0.406. The first-order chi connectivity index (χ1) is 17.6. The van der Waals surface area contributed by atoms with Gasteiger partial charge in [0.15, 0.2) is 0 Å². The van der Waals surface area contributed by atoms with Gasteiger partial charge in [0.1, 0.15) is 17.2 Å². The second-order valence-electron chi connectivity index (χ2n) is 9.82. The fourth-order valence-electron chi connectivity index (χ4n) is 4.43. The Labute approximate surface area is 215 Å². The van der Waals surface area contributed by atoms with Gasteiger partial charge in [-0.05, 0) is 89.5 Å². The standard InChI is InChI=1S/C32H38O4/c1-4-6-7-8-9-18-34-29-15-17-31-26(21-29)20-25-19-24(10-16-30(25)31)32(33)36-28-13-11-27(12-14-28)35-22-23(3)5-2/h10-17,19,21,23H,4-9,18,20,22H2,1-3H3. The summed E-state index contributed by atoms with van der Waals surface area (Å²) in [5.41, 5.74) is 5.34. The molecular weight excluding hydrogens is 448 g/mol. The Morgan fingerprint density at radius 2 is 1.44 bits per heavy atom. The molecule has 1 atom stereocenters. The predicted octanol–water partition coefficient (Wildman–Crippen LogP) is 8.25. The Bertz CT molecular complexity index is 1150. The van der Waals surface area contributed by atoms with Crippen molar-refractivity contribution in [1.29, 1.82) is 0 Å². The van der Waals surface area contributed by atoms with E-state index in [-0.39, 0.29) is 5.97 Å². The van der Waals surface area contributed by atoms with E-state index in [2.05, 4.69) is 39.0 Å². The maximum absolute atomic E-state index is 12.8. The zero-order valence-corrected chi connectivity index (χ0v) is 21.8. The summed E-state index contributed by atoms with van der Waals surface area (Å²) in [5, 5.41) is 0. The van der Waals surface area contributed by atoms with Gasteiger partial charge in [0.25, 0.3) is 0 Å². The first-order valence-electron chi connectivity index (χ1n) is 13.4. The molecule has 0 aromatic heterocycles. The van der Waals surface area contributed by atoms with E-state index in [1.54, 1.807) is 12.1 Å². The quantitative estimate of drug-likeness (QED) is 0.108. The van der Waals surface area contributed by atoms with Gasteiger partial charge >= 0.3 is 5.97 Å². The van der Waals surface area contributed by atoms with Gasteiger partial charge in [0.2, 0.25) is 0 Å². The third-order valence-corrected chi connectivity index (χ3v) is 6.87. The summed E-state index contributed by atoms with van der Waals surface area (Å²) < 4.78 is 17.4. The van der Waals surface area contributed by atoms with Crippen LogP contribution in [-0.2, 0) is 6.42 Å². The van der Waals surface area contributed by atoms with E-state index in [1.807, 2.05) is 30.3 Å². The van der Waals surface area contributed by atoms with E-state index in [9.17, 15) is 4.79 Å². The van der Waals surface area contributed by atoms with Crippen molar-refractivity contribution in [2.75, 3.05) is 13.2 Å². The summed E-state index contributed by atoms with van der Waals surface area (Å²) >= 11 is 0. The van der Waals surface area contributed by atoms with Crippen LogP contribution in [0.3, 0.4) is 0 Å². The number of carbonyl (C=O) groups is 1. The van der Waals surface area contributed by atoms with E-state index in [1.165, 1.54) is 42.4 Å². The number of rotatable bonds is 13. The normalized spacial score (nSPS) is 12.5. The number of esters is 1. The monoisotopic (exact) mass is 486 g/mol. The van der Waals surface area contributed by atoms with Crippen molar-refractivity contribution in [2.45, 2.75) is 65.7 Å². The highest BCUT2D eigenvalue weighted by molar-refractivity contribution is 5.93. The minimum absolute atomic E-state index is 0.353. The van der Waals surface area contributed by atoms with E-state index in [0.717, 1.165) is 42.9 Å². The molecule has 0 N–H and O–H groups in total. The molecular formula is C32H38O4. The van der Waals surface area contributed by atoms with E-state index in [4.69, 9.17) is 14.2 Å². The molecule has 4 rings (SSSR count). The lowest BCUT2D eigenvalue weighted by molar-refractivity contribution is 0.0734. The second kappa shape index (κ2) is 12.6. The maximum Gasteiger partial charge on any atom is 0.343 e. The fourth-order valence-corrected chi connectivity index (χ4v) is 4.43. The minimum Gasteiger partial charge on any atom is -0.494 e. The lowest BCUT2D eigenvalue weighted by Gasteiger charge is -2.11. The molecule has 0 heterocycles. The molecule has 3 aromatic carbocycles. The average Bonchev–Trinajstić information content (AvgIpc) is 3.27. The number of fused-ring (bicyclic) bond motifs is 3. The maximum atomic E-state index is 12.8. The van der Waals surface area contributed by atoms with Crippen molar-refractivity contribution in [3.8, 4) is 28.4 Å². The van der Waals surface area contributed by atoms with Crippen LogP contribution in [0.25, 0.3) is 11.1 Å². The molecule has 190 valence electrons. The second-order valence-corrected chi connectivity index (χ2v) is 9.82. The largest absolute Gasteiger partial charge is 0.494 e. The Hall–Kier alpha value is -3.27. The highest BCUT2D eigenvalue weighted by Gasteiger charge is 2.21. The zero-order valence-electron chi connectivity index (χ0n) is 21.8. The Morgan fingerprint density at radius 3 is 2.19 bits per heavy atom. The first kappa shape index (κ1) is 25.8. The summed E-state index contributed by atoms with van der Waals surface area (Å²) in [6.45, 7) is 7.98. The van der Waals surface area contributed by atoms with Crippen LogP contribution in [-0.4, -0.2) is 19.2 Å². The van der Waals surface area contributed by atoms with Crippen LogP contribution in [0.1, 0.15) is 80.8 Å². The molecule has 0 spiro atoms. The number of carbonyl (C=O) groups excluding carboxylic acids is 1. The van der Waals surface area contributed by atoms with Crippen molar-refractivity contribution in [1.82, 2.24) is 0 Å². The zero-order chi connectivity index (χ0) is 25.3. The third kappa shape index (κ3) is 6.69. The van der Waals surface area contributed by atoms with Gasteiger partial charge in [-0.25, -0.2) is 4.79 Å². The van der Waals surface area contributed by atoms with Crippen LogP contribution in [0.5, 0.6) is 17.2 Å². The van der Waals surface area contributed by atoms with E-state index >= 15 is 0 Å². The molecule has 0 radical (unpaired) electrons. The number of unbranched alkanes of at least 4 members (excludes halogenated alkanes) is 4. The summed E-state index contributed by atoms with van der Waals surface area (Å²) in [6, 6.07) is 19.4. The molecule has 1 unspecified atom stereocenters. The Balaban J connectivity index is 1.33. The summed E-state index contributed by atoms with van der Waals surface area (Å²) in [5.74, 6) is 2.37. The van der Waals surface area contributed by atoms with Gasteiger partial charge in [-0.15, -0.1) is 0 Å². The van der Waals surface area contributed by atoms with Crippen LogP contribution in [0.15, 0.2) is 60.7 Å². The molecule has 4 heteroatoms. The predicted molar refractivity (Wildman–Crippen MR) is 145 cm³/mol. The van der Waals surface area contributed by atoms with E-state index < -0.39 is 0 Å². The molecule has 0 amide bonds. The molecule has 0 bridgehead atoms. The highest BCUT2D eigenvalue weighted by atomic mass is 16.5. The average molecular weight is 487 g/mol. The molecule has 0 saturated heterocycles. The number of benzene rings is 3. The Morgan fingerprint density at radius 1 is 0.778 bits per heavy atom. The first-order valence-corrected chi connectivity index (χ1v) is 13.4. The molecule has 0 aliphatic heterocycles. The van der Waals surface area contributed by atoms with Crippen molar-refractivity contribution < 1.29 is 19.0 Å². The summed E-state index contributed by atoms with van der Waals surface area (Å²) in [4.78, 5) is 12.8. The van der Waals surface area contributed by atoms with Crippen molar-refractivity contribution >= 4 is 5.97 Å². The van der Waals surface area contributed by atoms with Gasteiger partial charge in [-0.1, -0.05) is 65.0 Å². The number of hydrogen-bond acceptors (Lipinski definition) is 4. The molecule has 1 aliphatic rings. The summed E-state index contributed by atoms with van der Waals surface area (Å²) in [7, 11) is 0. The Kier molecular flexibility index (Phi) is 9.05. The van der Waals surface area contributed by atoms with Gasteiger partial charge in [-0.2, -0.15) is 0 Å². The van der Waals surface area contributed by atoms with Crippen LogP contribution < -0.4 is 14.2 Å². The molecule has 4 nitrogen and oxygen atoms in total. The topological polar surface area (TPSA) is 44.8 Å². The van der Waals surface area contributed by atoms with Crippen LogP contribution in [0.4, 0.5) is 0 Å².